The lowest BCUT2D eigenvalue weighted by Crippen LogP contribution is -2.03. The van der Waals surface area contributed by atoms with Crippen molar-refractivity contribution in [3.63, 3.8) is 0 Å². The normalized spacial score (nSPS) is 10.5. The predicted molar refractivity (Wildman–Crippen MR) is 54.9 cm³/mol. The SMILES string of the molecule is CCc1nccn1Cc1cncc(F)c1. The predicted octanol–water partition coefficient (Wildman–Crippen LogP) is 2.03. The van der Waals surface area contributed by atoms with Crippen LogP contribution in [0.3, 0.4) is 0 Å². The molecule has 0 saturated heterocycles. The van der Waals surface area contributed by atoms with Crippen LogP contribution in [0.5, 0.6) is 0 Å². The molecule has 0 atom stereocenters. The van der Waals surface area contributed by atoms with E-state index in [4.69, 9.17) is 0 Å². The third-order valence-electron chi connectivity index (χ3n) is 2.23. The van der Waals surface area contributed by atoms with Crippen molar-refractivity contribution in [3.05, 3.63) is 48.1 Å². The molecule has 0 amide bonds. The summed E-state index contributed by atoms with van der Waals surface area (Å²) in [7, 11) is 0. The van der Waals surface area contributed by atoms with E-state index in [9.17, 15) is 4.39 Å². The Morgan fingerprint density at radius 3 is 3.00 bits per heavy atom. The molecule has 4 heteroatoms. The van der Waals surface area contributed by atoms with Gasteiger partial charge in [0.2, 0.25) is 0 Å². The summed E-state index contributed by atoms with van der Waals surface area (Å²) in [6.07, 6.45) is 7.39. The molecule has 0 radical (unpaired) electrons. The van der Waals surface area contributed by atoms with Crippen molar-refractivity contribution in [2.75, 3.05) is 0 Å². The highest BCUT2D eigenvalue weighted by Crippen LogP contribution is 2.06. The zero-order valence-electron chi connectivity index (χ0n) is 8.52. The van der Waals surface area contributed by atoms with Gasteiger partial charge in [-0.1, -0.05) is 6.92 Å². The van der Waals surface area contributed by atoms with Crippen LogP contribution in [-0.4, -0.2) is 14.5 Å². The van der Waals surface area contributed by atoms with Gasteiger partial charge in [-0.25, -0.2) is 9.37 Å². The van der Waals surface area contributed by atoms with Crippen molar-refractivity contribution in [3.8, 4) is 0 Å². The van der Waals surface area contributed by atoms with Crippen LogP contribution in [0.15, 0.2) is 30.9 Å². The summed E-state index contributed by atoms with van der Waals surface area (Å²) in [5.74, 6) is 0.699. The highest BCUT2D eigenvalue weighted by molar-refractivity contribution is 5.11. The Labute approximate surface area is 87.6 Å². The molecule has 3 nitrogen and oxygen atoms in total. The fourth-order valence-electron chi connectivity index (χ4n) is 1.54. The summed E-state index contributed by atoms with van der Waals surface area (Å²) >= 11 is 0. The molecule has 0 aliphatic rings. The number of rotatable bonds is 3. The molecule has 2 aromatic rings. The van der Waals surface area contributed by atoms with E-state index in [1.165, 1.54) is 12.3 Å². The van der Waals surface area contributed by atoms with Crippen molar-refractivity contribution in [2.24, 2.45) is 0 Å². The first-order chi connectivity index (χ1) is 7.29. The van der Waals surface area contributed by atoms with E-state index in [0.29, 0.717) is 6.54 Å². The fraction of sp³-hybridized carbons (Fsp3) is 0.273. The average molecular weight is 205 g/mol. The number of halogens is 1. The van der Waals surface area contributed by atoms with Crippen LogP contribution in [0, 0.1) is 5.82 Å². The van der Waals surface area contributed by atoms with Crippen molar-refractivity contribution in [1.29, 1.82) is 0 Å². The first-order valence-electron chi connectivity index (χ1n) is 4.89. The van der Waals surface area contributed by atoms with E-state index in [-0.39, 0.29) is 5.82 Å². The molecule has 15 heavy (non-hydrogen) atoms. The number of aryl methyl sites for hydroxylation is 1. The van der Waals surface area contributed by atoms with Crippen molar-refractivity contribution < 1.29 is 4.39 Å². The number of pyridine rings is 1. The standard InChI is InChI=1S/C11H12FN3/c1-2-11-14-3-4-15(11)8-9-5-10(12)7-13-6-9/h3-7H,2,8H2,1H3. The van der Waals surface area contributed by atoms with E-state index >= 15 is 0 Å². The summed E-state index contributed by atoms with van der Waals surface area (Å²) in [4.78, 5) is 8.01. The Kier molecular flexibility index (Phi) is 2.76. The molecule has 0 aliphatic heterocycles. The second-order valence-electron chi connectivity index (χ2n) is 3.34. The highest BCUT2D eigenvalue weighted by Gasteiger charge is 2.02. The third-order valence-corrected chi connectivity index (χ3v) is 2.23. The topological polar surface area (TPSA) is 30.7 Å². The Morgan fingerprint density at radius 2 is 2.27 bits per heavy atom. The number of aromatic nitrogens is 3. The molecule has 78 valence electrons. The monoisotopic (exact) mass is 205 g/mol. The minimum atomic E-state index is -0.300. The first kappa shape index (κ1) is 9.83. The molecule has 0 saturated carbocycles. The van der Waals surface area contributed by atoms with Crippen LogP contribution in [0.25, 0.3) is 0 Å². The number of hydrogen-bond donors (Lipinski definition) is 0. The molecular weight excluding hydrogens is 193 g/mol. The van der Waals surface area contributed by atoms with Gasteiger partial charge in [-0.2, -0.15) is 0 Å². The minimum absolute atomic E-state index is 0.300. The summed E-state index contributed by atoms with van der Waals surface area (Å²) in [5.41, 5.74) is 0.850. The van der Waals surface area contributed by atoms with Crippen molar-refractivity contribution >= 4 is 0 Å². The van der Waals surface area contributed by atoms with Crippen LogP contribution in [0.2, 0.25) is 0 Å². The average Bonchev–Trinajstić information content (AvgIpc) is 2.65. The fourth-order valence-corrected chi connectivity index (χ4v) is 1.54. The molecule has 2 aromatic heterocycles. The second kappa shape index (κ2) is 4.21. The van der Waals surface area contributed by atoms with Gasteiger partial charge in [0.05, 0.1) is 12.7 Å². The summed E-state index contributed by atoms with van der Waals surface area (Å²) in [6.45, 7) is 2.66. The Bertz CT molecular complexity index is 451. The van der Waals surface area contributed by atoms with Gasteiger partial charge in [-0.05, 0) is 11.6 Å². The van der Waals surface area contributed by atoms with Crippen molar-refractivity contribution in [1.82, 2.24) is 14.5 Å². The molecule has 0 fully saturated rings. The summed E-state index contributed by atoms with van der Waals surface area (Å²) in [5, 5.41) is 0. The van der Waals surface area contributed by atoms with Crippen LogP contribution in [-0.2, 0) is 13.0 Å². The molecule has 2 heterocycles. The van der Waals surface area contributed by atoms with Crippen LogP contribution in [0.1, 0.15) is 18.3 Å². The molecule has 0 aliphatic carbocycles. The largest absolute Gasteiger partial charge is 0.330 e. The van der Waals surface area contributed by atoms with Gasteiger partial charge in [-0.3, -0.25) is 4.98 Å². The smallest absolute Gasteiger partial charge is 0.141 e. The molecular formula is C11H12FN3. The Balaban J connectivity index is 2.22. The highest BCUT2D eigenvalue weighted by atomic mass is 19.1. The first-order valence-corrected chi connectivity index (χ1v) is 4.89. The van der Waals surface area contributed by atoms with E-state index in [1.807, 2.05) is 17.7 Å². The lowest BCUT2D eigenvalue weighted by Gasteiger charge is -2.05. The minimum Gasteiger partial charge on any atom is -0.330 e. The number of imidazole rings is 1. The maximum absolute atomic E-state index is 12.9. The zero-order chi connectivity index (χ0) is 10.7. The van der Waals surface area contributed by atoms with Gasteiger partial charge < -0.3 is 4.57 Å². The van der Waals surface area contributed by atoms with Gasteiger partial charge in [0.1, 0.15) is 11.6 Å². The van der Waals surface area contributed by atoms with E-state index in [2.05, 4.69) is 9.97 Å². The molecule has 2 rings (SSSR count). The number of nitrogens with zero attached hydrogens (tertiary/aromatic N) is 3. The van der Waals surface area contributed by atoms with Crippen molar-refractivity contribution in [2.45, 2.75) is 19.9 Å². The van der Waals surface area contributed by atoms with Gasteiger partial charge in [0.25, 0.3) is 0 Å². The van der Waals surface area contributed by atoms with E-state index < -0.39 is 0 Å². The molecule has 0 bridgehead atoms. The summed E-state index contributed by atoms with van der Waals surface area (Å²) in [6, 6.07) is 1.49. The maximum Gasteiger partial charge on any atom is 0.141 e. The molecule has 0 spiro atoms. The quantitative estimate of drug-likeness (QED) is 0.767. The third kappa shape index (κ3) is 2.21. The van der Waals surface area contributed by atoms with Crippen LogP contribution < -0.4 is 0 Å². The number of hydrogen-bond acceptors (Lipinski definition) is 2. The van der Waals surface area contributed by atoms with Gasteiger partial charge in [0.15, 0.2) is 0 Å². The summed E-state index contributed by atoms with van der Waals surface area (Å²) < 4.78 is 14.9. The van der Waals surface area contributed by atoms with Gasteiger partial charge >= 0.3 is 0 Å². The van der Waals surface area contributed by atoms with Gasteiger partial charge in [0, 0.05) is 25.0 Å². The molecule has 0 unspecified atom stereocenters. The van der Waals surface area contributed by atoms with Crippen LogP contribution >= 0.6 is 0 Å². The van der Waals surface area contributed by atoms with E-state index in [0.717, 1.165) is 17.8 Å². The maximum atomic E-state index is 12.9. The Hall–Kier alpha value is -1.71. The van der Waals surface area contributed by atoms with Crippen LogP contribution in [0.4, 0.5) is 4.39 Å². The second-order valence-corrected chi connectivity index (χ2v) is 3.34. The van der Waals surface area contributed by atoms with Gasteiger partial charge in [-0.15, -0.1) is 0 Å². The zero-order valence-corrected chi connectivity index (χ0v) is 8.52. The van der Waals surface area contributed by atoms with E-state index in [1.54, 1.807) is 12.4 Å². The molecule has 0 aromatic carbocycles. The Morgan fingerprint density at radius 1 is 1.40 bits per heavy atom. The lowest BCUT2D eigenvalue weighted by molar-refractivity contribution is 0.615. The lowest BCUT2D eigenvalue weighted by atomic mass is 10.3. The molecule has 0 N–H and O–H groups in total.